The van der Waals surface area contributed by atoms with Gasteiger partial charge in [0, 0.05) is 23.0 Å². The van der Waals surface area contributed by atoms with Gasteiger partial charge in [-0.15, -0.1) is 11.3 Å². The van der Waals surface area contributed by atoms with Gasteiger partial charge in [0.05, 0.1) is 18.5 Å². The molecule has 3 aromatic rings. The van der Waals surface area contributed by atoms with Crippen LogP contribution in [-0.4, -0.2) is 41.2 Å². The lowest BCUT2D eigenvalue weighted by molar-refractivity contribution is -0.142. The standard InChI is InChI=1S/C28H31ClN2O2S/c1-3-16-30(28(33)23(4-2)20-8-6-5-7-9-20)19-26(32)31-17-14-25-24(15-18-34-25)27(31)21-10-12-22(29)13-11-21/h5-13,15,18,23,27H,3-4,14,16-17,19H2,1-2H3. The van der Waals surface area contributed by atoms with E-state index in [2.05, 4.69) is 11.4 Å². The second-order valence-electron chi connectivity index (χ2n) is 8.72. The lowest BCUT2D eigenvalue weighted by Gasteiger charge is -2.38. The van der Waals surface area contributed by atoms with Crippen molar-refractivity contribution in [3.05, 3.63) is 92.6 Å². The van der Waals surface area contributed by atoms with Crippen molar-refractivity contribution in [3.8, 4) is 0 Å². The van der Waals surface area contributed by atoms with Crippen molar-refractivity contribution in [2.75, 3.05) is 19.6 Å². The van der Waals surface area contributed by atoms with Gasteiger partial charge in [0.15, 0.2) is 0 Å². The van der Waals surface area contributed by atoms with Crippen molar-refractivity contribution in [3.63, 3.8) is 0 Å². The van der Waals surface area contributed by atoms with Crippen LogP contribution in [0.2, 0.25) is 5.02 Å². The molecule has 2 atom stereocenters. The monoisotopic (exact) mass is 494 g/mol. The van der Waals surface area contributed by atoms with Crippen LogP contribution in [0.1, 0.15) is 60.2 Å². The van der Waals surface area contributed by atoms with Crippen LogP contribution in [0.3, 0.4) is 0 Å². The number of halogens is 1. The van der Waals surface area contributed by atoms with Gasteiger partial charge in [-0.1, -0.05) is 67.9 Å². The molecule has 0 saturated carbocycles. The molecule has 1 aliphatic rings. The van der Waals surface area contributed by atoms with Crippen LogP contribution in [0.4, 0.5) is 0 Å². The van der Waals surface area contributed by atoms with E-state index in [0.717, 1.165) is 24.0 Å². The third-order valence-electron chi connectivity index (χ3n) is 6.51. The Morgan fingerprint density at radius 3 is 2.50 bits per heavy atom. The minimum atomic E-state index is -0.238. The first-order valence-electron chi connectivity index (χ1n) is 12.0. The van der Waals surface area contributed by atoms with Gasteiger partial charge in [0.1, 0.15) is 0 Å². The molecule has 4 rings (SSSR count). The zero-order valence-electron chi connectivity index (χ0n) is 19.7. The Kier molecular flexibility index (Phi) is 8.07. The molecule has 0 fully saturated rings. The molecule has 2 aromatic carbocycles. The Bertz CT molecular complexity index is 1110. The lowest BCUT2D eigenvalue weighted by atomic mass is 9.93. The Balaban J connectivity index is 1.59. The molecule has 0 saturated heterocycles. The molecule has 178 valence electrons. The Labute approximate surface area is 211 Å². The highest BCUT2D eigenvalue weighted by Gasteiger charge is 2.34. The van der Waals surface area contributed by atoms with Gasteiger partial charge in [-0.2, -0.15) is 0 Å². The first kappa shape index (κ1) is 24.5. The molecule has 0 radical (unpaired) electrons. The van der Waals surface area contributed by atoms with Crippen molar-refractivity contribution < 1.29 is 9.59 Å². The van der Waals surface area contributed by atoms with Crippen LogP contribution in [0.5, 0.6) is 0 Å². The van der Waals surface area contributed by atoms with Crippen LogP contribution >= 0.6 is 22.9 Å². The van der Waals surface area contributed by atoms with Crippen LogP contribution in [0.15, 0.2) is 66.0 Å². The maximum absolute atomic E-state index is 13.7. The van der Waals surface area contributed by atoms with E-state index in [4.69, 9.17) is 11.6 Å². The molecule has 6 heteroatoms. The number of rotatable bonds is 8. The summed E-state index contributed by atoms with van der Waals surface area (Å²) in [5.41, 5.74) is 3.22. The molecule has 2 amide bonds. The molecule has 0 spiro atoms. The molecular formula is C28H31ClN2O2S. The minimum absolute atomic E-state index is 0.0125. The van der Waals surface area contributed by atoms with E-state index in [1.807, 2.05) is 73.3 Å². The highest BCUT2D eigenvalue weighted by Crippen LogP contribution is 2.38. The molecule has 0 aliphatic carbocycles. The molecule has 1 aliphatic heterocycles. The summed E-state index contributed by atoms with van der Waals surface area (Å²) in [4.78, 5) is 32.3. The van der Waals surface area contributed by atoms with Gasteiger partial charge in [-0.05, 0) is 59.5 Å². The van der Waals surface area contributed by atoms with E-state index >= 15 is 0 Å². The average Bonchev–Trinajstić information content (AvgIpc) is 3.34. The third kappa shape index (κ3) is 5.21. The van der Waals surface area contributed by atoms with Crippen molar-refractivity contribution >= 4 is 34.8 Å². The van der Waals surface area contributed by atoms with Crippen LogP contribution < -0.4 is 0 Å². The Morgan fingerprint density at radius 1 is 1.09 bits per heavy atom. The summed E-state index contributed by atoms with van der Waals surface area (Å²) in [7, 11) is 0. The molecule has 34 heavy (non-hydrogen) atoms. The largest absolute Gasteiger partial charge is 0.333 e. The fourth-order valence-electron chi connectivity index (χ4n) is 4.84. The highest BCUT2D eigenvalue weighted by atomic mass is 35.5. The summed E-state index contributed by atoms with van der Waals surface area (Å²) in [5.74, 6) is -0.223. The summed E-state index contributed by atoms with van der Waals surface area (Å²) in [6, 6.07) is 19.6. The van der Waals surface area contributed by atoms with E-state index < -0.39 is 0 Å². The molecular weight excluding hydrogens is 464 g/mol. The number of carbonyl (C=O) groups is 2. The molecule has 1 aromatic heterocycles. The van der Waals surface area contributed by atoms with Gasteiger partial charge < -0.3 is 9.80 Å². The summed E-state index contributed by atoms with van der Waals surface area (Å²) in [5, 5.41) is 2.77. The van der Waals surface area contributed by atoms with Crippen molar-refractivity contribution in [2.24, 2.45) is 0 Å². The summed E-state index contributed by atoms with van der Waals surface area (Å²) < 4.78 is 0. The Hall–Kier alpha value is -2.63. The zero-order chi connectivity index (χ0) is 24.1. The number of nitrogens with zero attached hydrogens (tertiary/aromatic N) is 2. The lowest BCUT2D eigenvalue weighted by Crippen LogP contribution is -2.47. The first-order valence-corrected chi connectivity index (χ1v) is 13.2. The van der Waals surface area contributed by atoms with E-state index in [1.54, 1.807) is 16.2 Å². The SMILES string of the molecule is CCCN(CC(=O)N1CCc2sccc2C1c1ccc(Cl)cc1)C(=O)C(CC)c1ccccc1. The van der Waals surface area contributed by atoms with Crippen molar-refractivity contribution in [1.29, 1.82) is 0 Å². The number of thiophene rings is 1. The van der Waals surface area contributed by atoms with E-state index in [1.165, 1.54) is 10.4 Å². The number of amides is 2. The molecule has 2 unspecified atom stereocenters. The maximum atomic E-state index is 13.7. The summed E-state index contributed by atoms with van der Waals surface area (Å²) in [6.45, 7) is 5.38. The fraction of sp³-hybridized carbons (Fsp3) is 0.357. The van der Waals surface area contributed by atoms with Crippen LogP contribution in [0, 0.1) is 0 Å². The van der Waals surface area contributed by atoms with E-state index in [9.17, 15) is 9.59 Å². The van der Waals surface area contributed by atoms with Crippen LogP contribution in [0.25, 0.3) is 0 Å². The molecule has 0 N–H and O–H groups in total. The molecule has 2 heterocycles. The molecule has 0 bridgehead atoms. The predicted octanol–water partition coefficient (Wildman–Crippen LogP) is 6.31. The number of carbonyl (C=O) groups excluding carboxylic acids is 2. The van der Waals surface area contributed by atoms with Gasteiger partial charge in [0.25, 0.3) is 0 Å². The number of benzene rings is 2. The van der Waals surface area contributed by atoms with E-state index in [0.29, 0.717) is 24.5 Å². The summed E-state index contributed by atoms with van der Waals surface area (Å²) in [6.07, 6.45) is 2.35. The average molecular weight is 495 g/mol. The quantitative estimate of drug-likeness (QED) is 0.368. The second kappa shape index (κ2) is 11.2. The maximum Gasteiger partial charge on any atom is 0.242 e. The normalized spacial score (nSPS) is 16.1. The zero-order valence-corrected chi connectivity index (χ0v) is 21.3. The van der Waals surface area contributed by atoms with Crippen molar-refractivity contribution in [1.82, 2.24) is 9.80 Å². The number of fused-ring (bicyclic) bond motifs is 1. The highest BCUT2D eigenvalue weighted by molar-refractivity contribution is 7.10. The molecule has 4 nitrogen and oxygen atoms in total. The van der Waals surface area contributed by atoms with Crippen LogP contribution in [-0.2, 0) is 16.0 Å². The van der Waals surface area contributed by atoms with Gasteiger partial charge in [-0.3, -0.25) is 9.59 Å². The minimum Gasteiger partial charge on any atom is -0.333 e. The fourth-order valence-corrected chi connectivity index (χ4v) is 5.87. The topological polar surface area (TPSA) is 40.6 Å². The first-order chi connectivity index (χ1) is 16.5. The Morgan fingerprint density at radius 2 is 1.82 bits per heavy atom. The summed E-state index contributed by atoms with van der Waals surface area (Å²) >= 11 is 7.88. The van der Waals surface area contributed by atoms with Gasteiger partial charge >= 0.3 is 0 Å². The van der Waals surface area contributed by atoms with Crippen molar-refractivity contribution in [2.45, 2.75) is 45.1 Å². The predicted molar refractivity (Wildman–Crippen MR) is 139 cm³/mol. The number of hydrogen-bond acceptors (Lipinski definition) is 3. The smallest absolute Gasteiger partial charge is 0.242 e. The van der Waals surface area contributed by atoms with Gasteiger partial charge in [-0.25, -0.2) is 0 Å². The second-order valence-corrected chi connectivity index (χ2v) is 10.2. The third-order valence-corrected chi connectivity index (χ3v) is 7.76. The van der Waals surface area contributed by atoms with E-state index in [-0.39, 0.29) is 30.3 Å². The number of hydrogen-bond donors (Lipinski definition) is 0. The van der Waals surface area contributed by atoms with Gasteiger partial charge in [0.2, 0.25) is 11.8 Å².